The number of nitrogens with zero attached hydrogens (tertiary/aromatic N) is 4. The van der Waals surface area contributed by atoms with E-state index in [2.05, 4.69) is 27.0 Å². The Morgan fingerprint density at radius 1 is 0.968 bits per heavy atom. The second-order valence-electron chi connectivity index (χ2n) is 7.70. The standard InChI is InChI=1S/C25H28N4O2/c1-31-22-12-10-21(11-13-22)23-18-24(27-19-26-23)28-14-16-29(17-15-28)25(30)9-5-8-20-6-3-2-4-7-20/h2-4,6-7,10-13,18-19H,5,8-9,14-17H2,1H3. The van der Waals surface area contributed by atoms with Gasteiger partial charge in [-0.1, -0.05) is 30.3 Å². The maximum Gasteiger partial charge on any atom is 0.222 e. The maximum absolute atomic E-state index is 12.6. The molecule has 0 radical (unpaired) electrons. The smallest absolute Gasteiger partial charge is 0.222 e. The van der Waals surface area contributed by atoms with Gasteiger partial charge in [0.25, 0.3) is 0 Å². The van der Waals surface area contributed by atoms with Gasteiger partial charge in [-0.05, 0) is 42.7 Å². The molecule has 0 spiro atoms. The number of carbonyl (C=O) groups is 1. The summed E-state index contributed by atoms with van der Waals surface area (Å²) in [4.78, 5) is 25.7. The van der Waals surface area contributed by atoms with Crippen molar-refractivity contribution in [3.8, 4) is 17.0 Å². The number of anilines is 1. The molecule has 160 valence electrons. The molecule has 0 atom stereocenters. The monoisotopic (exact) mass is 416 g/mol. The topological polar surface area (TPSA) is 58.6 Å². The Hall–Kier alpha value is -3.41. The van der Waals surface area contributed by atoms with Crippen molar-refractivity contribution in [3.05, 3.63) is 72.6 Å². The molecule has 1 saturated heterocycles. The first-order valence-electron chi connectivity index (χ1n) is 10.8. The molecule has 31 heavy (non-hydrogen) atoms. The number of aryl methyl sites for hydroxylation is 1. The molecule has 4 rings (SSSR count). The molecule has 0 N–H and O–H groups in total. The average Bonchev–Trinajstić information content (AvgIpc) is 2.85. The fourth-order valence-electron chi connectivity index (χ4n) is 3.87. The van der Waals surface area contributed by atoms with Crippen LogP contribution in [-0.2, 0) is 11.2 Å². The van der Waals surface area contributed by atoms with Crippen molar-refractivity contribution in [3.63, 3.8) is 0 Å². The molecular formula is C25H28N4O2. The van der Waals surface area contributed by atoms with Gasteiger partial charge in [0, 0.05) is 44.2 Å². The Morgan fingerprint density at radius 3 is 2.42 bits per heavy atom. The van der Waals surface area contributed by atoms with E-state index in [-0.39, 0.29) is 5.91 Å². The molecule has 1 aliphatic heterocycles. The molecule has 1 fully saturated rings. The van der Waals surface area contributed by atoms with Gasteiger partial charge >= 0.3 is 0 Å². The third kappa shape index (κ3) is 5.40. The second-order valence-corrected chi connectivity index (χ2v) is 7.70. The minimum absolute atomic E-state index is 0.247. The highest BCUT2D eigenvalue weighted by molar-refractivity contribution is 5.76. The van der Waals surface area contributed by atoms with Crippen LogP contribution in [0.25, 0.3) is 11.3 Å². The summed E-state index contributed by atoms with van der Waals surface area (Å²) in [5.41, 5.74) is 3.19. The van der Waals surface area contributed by atoms with E-state index in [1.807, 2.05) is 53.4 Å². The number of aromatic nitrogens is 2. The fourth-order valence-corrected chi connectivity index (χ4v) is 3.87. The highest BCUT2D eigenvalue weighted by Crippen LogP contribution is 2.24. The molecule has 0 bridgehead atoms. The highest BCUT2D eigenvalue weighted by atomic mass is 16.5. The lowest BCUT2D eigenvalue weighted by Crippen LogP contribution is -2.49. The average molecular weight is 417 g/mol. The predicted molar refractivity (Wildman–Crippen MR) is 122 cm³/mol. The van der Waals surface area contributed by atoms with Gasteiger partial charge in [-0.3, -0.25) is 4.79 Å². The molecule has 2 aromatic carbocycles. The molecule has 3 aromatic rings. The number of hydrogen-bond acceptors (Lipinski definition) is 5. The summed E-state index contributed by atoms with van der Waals surface area (Å²) in [7, 11) is 1.66. The molecule has 6 heteroatoms. The molecule has 2 heterocycles. The van der Waals surface area contributed by atoms with Crippen LogP contribution < -0.4 is 9.64 Å². The van der Waals surface area contributed by atoms with Gasteiger partial charge in [-0.25, -0.2) is 9.97 Å². The maximum atomic E-state index is 12.6. The summed E-state index contributed by atoms with van der Waals surface area (Å²) in [6.07, 6.45) is 4.04. The summed E-state index contributed by atoms with van der Waals surface area (Å²) >= 11 is 0. The van der Waals surface area contributed by atoms with Crippen molar-refractivity contribution in [1.29, 1.82) is 0 Å². The summed E-state index contributed by atoms with van der Waals surface area (Å²) in [6.45, 7) is 3.02. The normalized spacial score (nSPS) is 13.8. The number of methoxy groups -OCH3 is 1. The van der Waals surface area contributed by atoms with E-state index in [9.17, 15) is 4.79 Å². The van der Waals surface area contributed by atoms with E-state index in [4.69, 9.17) is 4.74 Å². The molecule has 0 unspecified atom stereocenters. The first-order chi connectivity index (χ1) is 15.2. The minimum Gasteiger partial charge on any atom is -0.497 e. The van der Waals surface area contributed by atoms with Gasteiger partial charge in [-0.15, -0.1) is 0 Å². The largest absolute Gasteiger partial charge is 0.497 e. The van der Waals surface area contributed by atoms with Crippen molar-refractivity contribution < 1.29 is 9.53 Å². The van der Waals surface area contributed by atoms with Crippen LogP contribution in [0.3, 0.4) is 0 Å². The molecule has 0 saturated carbocycles. The van der Waals surface area contributed by atoms with Crippen molar-refractivity contribution in [2.75, 3.05) is 38.2 Å². The van der Waals surface area contributed by atoms with E-state index in [0.717, 1.165) is 61.8 Å². The SMILES string of the molecule is COc1ccc(-c2cc(N3CCN(C(=O)CCCc4ccccc4)CC3)ncn2)cc1. The number of piperazine rings is 1. The summed E-state index contributed by atoms with van der Waals surface area (Å²) in [6, 6.07) is 20.2. The van der Waals surface area contributed by atoms with E-state index < -0.39 is 0 Å². The van der Waals surface area contributed by atoms with Gasteiger partial charge in [0.05, 0.1) is 12.8 Å². The van der Waals surface area contributed by atoms with Crippen molar-refractivity contribution in [1.82, 2.24) is 14.9 Å². The molecule has 1 aliphatic rings. The number of carbonyl (C=O) groups excluding carboxylic acids is 1. The number of amides is 1. The van der Waals surface area contributed by atoms with Crippen LogP contribution in [0.1, 0.15) is 18.4 Å². The Kier molecular flexibility index (Phi) is 6.77. The van der Waals surface area contributed by atoms with Gasteiger partial charge < -0.3 is 14.5 Å². The molecule has 0 aliphatic carbocycles. The zero-order valence-electron chi connectivity index (χ0n) is 17.9. The van der Waals surface area contributed by atoms with Crippen LogP contribution in [0.5, 0.6) is 5.75 Å². The van der Waals surface area contributed by atoms with Gasteiger partial charge in [-0.2, -0.15) is 0 Å². The van der Waals surface area contributed by atoms with Gasteiger partial charge in [0.1, 0.15) is 17.9 Å². The van der Waals surface area contributed by atoms with Crippen molar-refractivity contribution >= 4 is 11.7 Å². The Labute approximate surface area is 183 Å². The second kappa shape index (κ2) is 10.1. The summed E-state index contributed by atoms with van der Waals surface area (Å²) < 4.78 is 5.23. The van der Waals surface area contributed by atoms with Crippen LogP contribution in [-0.4, -0.2) is 54.1 Å². The van der Waals surface area contributed by atoms with E-state index >= 15 is 0 Å². The van der Waals surface area contributed by atoms with Crippen LogP contribution in [0.15, 0.2) is 67.0 Å². The number of ether oxygens (including phenoxy) is 1. The van der Waals surface area contributed by atoms with Gasteiger partial charge in [0.2, 0.25) is 5.91 Å². The number of benzene rings is 2. The first kappa shape index (κ1) is 20.8. The van der Waals surface area contributed by atoms with Crippen LogP contribution in [0.2, 0.25) is 0 Å². The first-order valence-corrected chi connectivity index (χ1v) is 10.8. The summed E-state index contributed by atoms with van der Waals surface area (Å²) in [5.74, 6) is 1.97. The Morgan fingerprint density at radius 2 is 1.71 bits per heavy atom. The third-order valence-electron chi connectivity index (χ3n) is 5.69. The lowest BCUT2D eigenvalue weighted by molar-refractivity contribution is -0.131. The zero-order chi connectivity index (χ0) is 21.5. The van der Waals surface area contributed by atoms with Crippen LogP contribution >= 0.6 is 0 Å². The Bertz CT molecular complexity index is 984. The quantitative estimate of drug-likeness (QED) is 0.586. The number of hydrogen-bond donors (Lipinski definition) is 0. The van der Waals surface area contributed by atoms with Crippen LogP contribution in [0.4, 0.5) is 5.82 Å². The minimum atomic E-state index is 0.247. The van der Waals surface area contributed by atoms with Crippen molar-refractivity contribution in [2.45, 2.75) is 19.3 Å². The van der Waals surface area contributed by atoms with Crippen molar-refractivity contribution in [2.24, 2.45) is 0 Å². The summed E-state index contributed by atoms with van der Waals surface area (Å²) in [5, 5.41) is 0. The van der Waals surface area contributed by atoms with Gasteiger partial charge in [0.15, 0.2) is 0 Å². The lowest BCUT2D eigenvalue weighted by atomic mass is 10.1. The van der Waals surface area contributed by atoms with E-state index in [1.54, 1.807) is 13.4 Å². The molecular weight excluding hydrogens is 388 g/mol. The third-order valence-corrected chi connectivity index (χ3v) is 5.69. The molecule has 1 aromatic heterocycles. The lowest BCUT2D eigenvalue weighted by Gasteiger charge is -2.35. The predicted octanol–water partition coefficient (Wildman–Crippen LogP) is 3.82. The molecule has 6 nitrogen and oxygen atoms in total. The van der Waals surface area contributed by atoms with Crippen LogP contribution in [0, 0.1) is 0 Å². The number of rotatable bonds is 7. The highest BCUT2D eigenvalue weighted by Gasteiger charge is 2.22. The molecule has 1 amide bonds. The zero-order valence-corrected chi connectivity index (χ0v) is 17.9. The van der Waals surface area contributed by atoms with E-state index in [0.29, 0.717) is 6.42 Å². The fraction of sp³-hybridized carbons (Fsp3) is 0.320. The Balaban J connectivity index is 1.29. The van der Waals surface area contributed by atoms with E-state index in [1.165, 1.54) is 5.56 Å².